The maximum atomic E-state index is 11.3. The van der Waals surface area contributed by atoms with Crippen molar-refractivity contribution in [2.75, 3.05) is 14.2 Å². The van der Waals surface area contributed by atoms with Crippen molar-refractivity contribution < 1.29 is 24.5 Å². The van der Waals surface area contributed by atoms with Crippen molar-refractivity contribution in [3.05, 3.63) is 58.6 Å². The van der Waals surface area contributed by atoms with Gasteiger partial charge in [0.25, 0.3) is 0 Å². The Labute approximate surface area is 139 Å². The van der Waals surface area contributed by atoms with Gasteiger partial charge in [0.1, 0.15) is 5.60 Å². The molecule has 0 aliphatic carbocycles. The van der Waals surface area contributed by atoms with Crippen LogP contribution in [0.25, 0.3) is 0 Å². The molecule has 0 bridgehead atoms. The summed E-state index contributed by atoms with van der Waals surface area (Å²) >= 11 is 5.87. The zero-order chi connectivity index (χ0) is 17.0. The molecule has 2 rings (SSSR count). The minimum atomic E-state index is -1.71. The number of halogens is 1. The fraction of sp³-hybridized carbons (Fsp3) is 0.235. The van der Waals surface area contributed by atoms with E-state index in [2.05, 4.69) is 0 Å². The lowest BCUT2D eigenvalue weighted by Gasteiger charge is -2.28. The summed E-state index contributed by atoms with van der Waals surface area (Å²) in [5.41, 5.74) is -0.896. The molecule has 0 aromatic heterocycles. The normalized spacial score (nSPS) is 13.2. The molecule has 0 spiro atoms. The maximum absolute atomic E-state index is 11.3. The standard InChI is InChI=1S/C17H17ClO5/c1-22-14-8-5-12(9-15(14)23-2)17(21,10-16(19)20)11-3-6-13(18)7-4-11/h3-9,21H,10H2,1-2H3,(H,19,20). The van der Waals surface area contributed by atoms with E-state index in [1.165, 1.54) is 14.2 Å². The number of carboxylic acids is 1. The van der Waals surface area contributed by atoms with Crippen molar-refractivity contribution in [1.82, 2.24) is 0 Å². The van der Waals surface area contributed by atoms with E-state index in [1.807, 2.05) is 0 Å². The Balaban J connectivity index is 2.58. The second kappa shape index (κ2) is 6.89. The van der Waals surface area contributed by atoms with Crippen LogP contribution in [0.5, 0.6) is 11.5 Å². The van der Waals surface area contributed by atoms with Crippen LogP contribution in [0.2, 0.25) is 5.02 Å². The highest BCUT2D eigenvalue weighted by Crippen LogP contribution is 2.38. The Morgan fingerprint density at radius 1 is 1.04 bits per heavy atom. The fourth-order valence-corrected chi connectivity index (χ4v) is 2.53. The van der Waals surface area contributed by atoms with Gasteiger partial charge >= 0.3 is 5.97 Å². The number of carboxylic acid groups (broad SMARTS) is 1. The highest BCUT2D eigenvalue weighted by Gasteiger charge is 2.35. The summed E-state index contributed by atoms with van der Waals surface area (Å²) in [7, 11) is 2.97. The SMILES string of the molecule is COc1ccc(C(O)(CC(=O)O)c2ccc(Cl)cc2)cc1OC. The van der Waals surface area contributed by atoms with Crippen molar-refractivity contribution in [2.45, 2.75) is 12.0 Å². The molecular weight excluding hydrogens is 320 g/mol. The molecule has 0 aliphatic heterocycles. The third-order valence-corrected chi connectivity index (χ3v) is 3.84. The van der Waals surface area contributed by atoms with E-state index in [9.17, 15) is 15.0 Å². The van der Waals surface area contributed by atoms with E-state index in [-0.39, 0.29) is 0 Å². The summed E-state index contributed by atoms with van der Waals surface area (Å²) in [6.07, 6.45) is -0.496. The van der Waals surface area contributed by atoms with E-state index >= 15 is 0 Å². The second-order valence-corrected chi connectivity index (χ2v) is 5.44. The van der Waals surface area contributed by atoms with Gasteiger partial charge in [-0.05, 0) is 35.4 Å². The van der Waals surface area contributed by atoms with Crippen LogP contribution in [0.1, 0.15) is 17.5 Å². The summed E-state index contributed by atoms with van der Waals surface area (Å²) in [6.45, 7) is 0. The van der Waals surface area contributed by atoms with Crippen LogP contribution in [-0.2, 0) is 10.4 Å². The monoisotopic (exact) mass is 336 g/mol. The number of hydrogen-bond donors (Lipinski definition) is 2. The topological polar surface area (TPSA) is 76.0 Å². The summed E-state index contributed by atoms with van der Waals surface area (Å²) in [6, 6.07) is 11.2. The van der Waals surface area contributed by atoms with Crippen LogP contribution < -0.4 is 9.47 Å². The molecule has 0 radical (unpaired) electrons. The molecule has 2 aromatic carbocycles. The highest BCUT2D eigenvalue weighted by atomic mass is 35.5. The average Bonchev–Trinajstić information content (AvgIpc) is 2.53. The Morgan fingerprint density at radius 2 is 1.61 bits per heavy atom. The van der Waals surface area contributed by atoms with Crippen molar-refractivity contribution in [2.24, 2.45) is 0 Å². The van der Waals surface area contributed by atoms with Gasteiger partial charge in [-0.2, -0.15) is 0 Å². The molecule has 0 saturated carbocycles. The molecule has 0 amide bonds. The molecule has 0 fully saturated rings. The van der Waals surface area contributed by atoms with E-state index in [4.69, 9.17) is 21.1 Å². The first kappa shape index (κ1) is 17.1. The van der Waals surface area contributed by atoms with Gasteiger partial charge in [-0.1, -0.05) is 29.8 Å². The predicted octanol–water partition coefficient (Wildman–Crippen LogP) is 3.07. The number of aliphatic carboxylic acids is 1. The van der Waals surface area contributed by atoms with Crippen LogP contribution >= 0.6 is 11.6 Å². The lowest BCUT2D eigenvalue weighted by Crippen LogP contribution is -2.30. The van der Waals surface area contributed by atoms with E-state index in [0.29, 0.717) is 27.6 Å². The van der Waals surface area contributed by atoms with Gasteiger partial charge in [0.2, 0.25) is 0 Å². The molecule has 122 valence electrons. The first-order valence-corrected chi connectivity index (χ1v) is 7.21. The van der Waals surface area contributed by atoms with Gasteiger partial charge in [-0.25, -0.2) is 0 Å². The van der Waals surface area contributed by atoms with Crippen molar-refractivity contribution in [3.8, 4) is 11.5 Å². The second-order valence-electron chi connectivity index (χ2n) is 5.01. The first-order chi connectivity index (χ1) is 10.9. The number of rotatable bonds is 6. The van der Waals surface area contributed by atoms with Gasteiger partial charge in [0.15, 0.2) is 11.5 Å². The van der Waals surface area contributed by atoms with Crippen molar-refractivity contribution in [3.63, 3.8) is 0 Å². The Morgan fingerprint density at radius 3 is 2.13 bits per heavy atom. The van der Waals surface area contributed by atoms with Crippen LogP contribution in [-0.4, -0.2) is 30.4 Å². The molecule has 2 N–H and O–H groups in total. The lowest BCUT2D eigenvalue weighted by molar-refractivity contribution is -0.141. The summed E-state index contributed by atoms with van der Waals surface area (Å²) in [5, 5.41) is 20.8. The zero-order valence-electron chi connectivity index (χ0n) is 12.7. The molecule has 6 heteroatoms. The maximum Gasteiger partial charge on any atom is 0.306 e. The molecule has 1 unspecified atom stereocenters. The smallest absolute Gasteiger partial charge is 0.306 e. The summed E-state index contributed by atoms with van der Waals surface area (Å²) in [4.78, 5) is 11.3. The molecule has 5 nitrogen and oxygen atoms in total. The van der Waals surface area contributed by atoms with Crippen molar-refractivity contribution >= 4 is 17.6 Å². The summed E-state index contributed by atoms with van der Waals surface area (Å²) in [5.74, 6) is -0.231. The van der Waals surface area contributed by atoms with Crippen LogP contribution in [0.4, 0.5) is 0 Å². The van der Waals surface area contributed by atoms with Crippen molar-refractivity contribution in [1.29, 1.82) is 0 Å². The molecule has 23 heavy (non-hydrogen) atoms. The number of aliphatic hydroxyl groups is 1. The van der Waals surface area contributed by atoms with Gasteiger partial charge in [0.05, 0.1) is 20.6 Å². The lowest BCUT2D eigenvalue weighted by atomic mass is 9.83. The van der Waals surface area contributed by atoms with Crippen LogP contribution in [0.15, 0.2) is 42.5 Å². The van der Waals surface area contributed by atoms with Gasteiger partial charge in [-0.15, -0.1) is 0 Å². The van der Waals surface area contributed by atoms with E-state index in [1.54, 1.807) is 42.5 Å². The molecule has 2 aromatic rings. The molecule has 0 aliphatic rings. The quantitative estimate of drug-likeness (QED) is 0.847. The number of methoxy groups -OCH3 is 2. The van der Waals surface area contributed by atoms with Gasteiger partial charge in [0, 0.05) is 5.02 Å². The minimum Gasteiger partial charge on any atom is -0.493 e. The van der Waals surface area contributed by atoms with Crippen LogP contribution in [0, 0.1) is 0 Å². The Kier molecular flexibility index (Phi) is 5.13. The third kappa shape index (κ3) is 3.57. The Hall–Kier alpha value is -2.24. The highest BCUT2D eigenvalue weighted by molar-refractivity contribution is 6.30. The molecule has 1 atom stereocenters. The predicted molar refractivity (Wildman–Crippen MR) is 86.2 cm³/mol. The first-order valence-electron chi connectivity index (χ1n) is 6.83. The molecule has 0 heterocycles. The number of hydrogen-bond acceptors (Lipinski definition) is 4. The van der Waals surface area contributed by atoms with Crippen LogP contribution in [0.3, 0.4) is 0 Å². The average molecular weight is 337 g/mol. The van der Waals surface area contributed by atoms with E-state index < -0.39 is 18.0 Å². The molecular formula is C17H17ClO5. The largest absolute Gasteiger partial charge is 0.493 e. The van der Waals surface area contributed by atoms with Gasteiger partial charge in [-0.3, -0.25) is 4.79 Å². The van der Waals surface area contributed by atoms with E-state index in [0.717, 1.165) is 0 Å². The minimum absolute atomic E-state index is 0.389. The number of ether oxygens (including phenoxy) is 2. The number of carbonyl (C=O) groups is 1. The Bertz CT molecular complexity index is 699. The summed E-state index contributed by atoms with van der Waals surface area (Å²) < 4.78 is 10.4. The fourth-order valence-electron chi connectivity index (χ4n) is 2.41. The zero-order valence-corrected chi connectivity index (χ0v) is 13.5. The number of benzene rings is 2. The van der Waals surface area contributed by atoms with Gasteiger partial charge < -0.3 is 19.7 Å². The third-order valence-electron chi connectivity index (χ3n) is 3.59. The molecule has 0 saturated heterocycles.